The summed E-state index contributed by atoms with van der Waals surface area (Å²) < 4.78 is 5.63. The van der Waals surface area contributed by atoms with Crippen LogP contribution in [0, 0.1) is 0 Å². The highest BCUT2D eigenvalue weighted by molar-refractivity contribution is 6.02. The fourth-order valence-electron chi connectivity index (χ4n) is 1.65. The van der Waals surface area contributed by atoms with Crippen molar-refractivity contribution >= 4 is 16.8 Å². The number of carbonyl (C=O) groups is 1. The first-order valence-corrected chi connectivity index (χ1v) is 5.16. The largest absolute Gasteiger partial charge is 0.488 e. The summed E-state index contributed by atoms with van der Waals surface area (Å²) in [6.45, 7) is 3.82. The number of rotatable bonds is 3. The summed E-state index contributed by atoms with van der Waals surface area (Å²) in [4.78, 5) is 14.3. The van der Waals surface area contributed by atoms with Crippen molar-refractivity contribution in [1.82, 2.24) is 4.98 Å². The van der Waals surface area contributed by atoms with E-state index in [9.17, 15) is 4.79 Å². The van der Waals surface area contributed by atoms with Gasteiger partial charge in [-0.05, 0) is 26.0 Å². The molecule has 0 aliphatic rings. The van der Waals surface area contributed by atoms with Gasteiger partial charge in [0.2, 0.25) is 0 Å². The van der Waals surface area contributed by atoms with Crippen molar-refractivity contribution in [2.75, 3.05) is 0 Å². The third-order valence-corrected chi connectivity index (χ3v) is 2.26. The highest BCUT2D eigenvalue weighted by Crippen LogP contribution is 2.30. The van der Waals surface area contributed by atoms with E-state index in [1.165, 1.54) is 0 Å². The zero-order valence-electron chi connectivity index (χ0n) is 9.28. The molecule has 4 heteroatoms. The Bertz CT molecular complexity index is 529. The number of hydrogen-bond donors (Lipinski definition) is 2. The molecule has 1 aromatic heterocycles. The second kappa shape index (κ2) is 3.89. The average molecular weight is 218 g/mol. The first-order valence-electron chi connectivity index (χ1n) is 5.16. The second-order valence-corrected chi connectivity index (χ2v) is 3.91. The van der Waals surface area contributed by atoms with Gasteiger partial charge in [-0.25, -0.2) is 0 Å². The summed E-state index contributed by atoms with van der Waals surface area (Å²) in [7, 11) is 0. The molecule has 0 saturated carbocycles. The highest BCUT2D eigenvalue weighted by Gasteiger charge is 2.17. The number of H-pyrrole nitrogens is 1. The molecule has 1 aromatic carbocycles. The maximum Gasteiger partial charge on any atom is 0.269 e. The number of hydrogen-bond acceptors (Lipinski definition) is 2. The number of carbonyl (C=O) groups excluding carboxylic acids is 1. The van der Waals surface area contributed by atoms with Crippen LogP contribution >= 0.6 is 0 Å². The third-order valence-electron chi connectivity index (χ3n) is 2.26. The number of nitrogens with one attached hydrogen (secondary N) is 1. The molecular weight excluding hydrogens is 204 g/mol. The monoisotopic (exact) mass is 218 g/mol. The number of nitrogens with two attached hydrogens (primary N) is 1. The van der Waals surface area contributed by atoms with Crippen molar-refractivity contribution in [3.8, 4) is 5.75 Å². The lowest BCUT2D eigenvalue weighted by Gasteiger charge is -2.09. The van der Waals surface area contributed by atoms with E-state index < -0.39 is 5.91 Å². The summed E-state index contributed by atoms with van der Waals surface area (Å²) >= 11 is 0. The van der Waals surface area contributed by atoms with Crippen LogP contribution in [0.1, 0.15) is 24.3 Å². The minimum atomic E-state index is -0.508. The molecule has 0 fully saturated rings. The smallest absolute Gasteiger partial charge is 0.269 e. The van der Waals surface area contributed by atoms with Gasteiger partial charge in [0.25, 0.3) is 5.91 Å². The van der Waals surface area contributed by atoms with E-state index in [0.717, 1.165) is 10.9 Å². The molecule has 1 amide bonds. The molecule has 0 spiro atoms. The summed E-state index contributed by atoms with van der Waals surface area (Å²) in [5, 5.41) is 0.880. The molecule has 84 valence electrons. The fraction of sp³-hybridized carbons (Fsp3) is 0.250. The highest BCUT2D eigenvalue weighted by atomic mass is 16.5. The van der Waals surface area contributed by atoms with Crippen molar-refractivity contribution in [1.29, 1.82) is 0 Å². The fourth-order valence-corrected chi connectivity index (χ4v) is 1.65. The summed E-state index contributed by atoms with van der Waals surface area (Å²) in [6.07, 6.45) is -0.00249. The molecule has 0 saturated heterocycles. The number of benzene rings is 1. The Hall–Kier alpha value is -1.97. The van der Waals surface area contributed by atoms with Crippen LogP contribution in [0.5, 0.6) is 5.75 Å². The van der Waals surface area contributed by atoms with E-state index in [1.807, 2.05) is 38.1 Å². The lowest BCUT2D eigenvalue weighted by Crippen LogP contribution is -2.15. The van der Waals surface area contributed by atoms with Crippen molar-refractivity contribution in [2.24, 2.45) is 5.73 Å². The number of para-hydroxylation sites is 1. The molecule has 2 aromatic rings. The van der Waals surface area contributed by atoms with Gasteiger partial charge in [0.15, 0.2) is 5.75 Å². The van der Waals surface area contributed by atoms with Gasteiger partial charge >= 0.3 is 0 Å². The molecule has 0 atom stereocenters. The standard InChI is InChI=1S/C12H14N2O2/c1-7(2)16-11-8-5-3-4-6-9(8)14-10(11)12(13)15/h3-7,14H,1-2H3,(H2,13,15). The van der Waals surface area contributed by atoms with E-state index >= 15 is 0 Å². The van der Waals surface area contributed by atoms with Crippen LogP contribution in [-0.2, 0) is 0 Å². The summed E-state index contributed by atoms with van der Waals surface area (Å²) in [5.74, 6) is 0.0324. The Morgan fingerprint density at radius 3 is 2.69 bits per heavy atom. The van der Waals surface area contributed by atoms with Crippen LogP contribution in [0.25, 0.3) is 10.9 Å². The normalized spacial score (nSPS) is 10.9. The van der Waals surface area contributed by atoms with E-state index in [4.69, 9.17) is 10.5 Å². The topological polar surface area (TPSA) is 68.1 Å². The van der Waals surface area contributed by atoms with E-state index in [0.29, 0.717) is 11.4 Å². The third kappa shape index (κ3) is 1.74. The average Bonchev–Trinajstić information content (AvgIpc) is 2.57. The maximum absolute atomic E-state index is 11.3. The predicted molar refractivity (Wildman–Crippen MR) is 62.6 cm³/mol. The van der Waals surface area contributed by atoms with Crippen LogP contribution in [0.15, 0.2) is 24.3 Å². The van der Waals surface area contributed by atoms with Gasteiger partial charge in [-0.15, -0.1) is 0 Å². The molecule has 0 aliphatic carbocycles. The molecular formula is C12H14N2O2. The molecule has 0 radical (unpaired) electrons. The molecule has 16 heavy (non-hydrogen) atoms. The van der Waals surface area contributed by atoms with Crippen LogP contribution < -0.4 is 10.5 Å². The predicted octanol–water partition coefficient (Wildman–Crippen LogP) is 2.05. The van der Waals surface area contributed by atoms with Gasteiger partial charge in [-0.1, -0.05) is 12.1 Å². The van der Waals surface area contributed by atoms with Gasteiger partial charge in [0.05, 0.1) is 6.10 Å². The minimum absolute atomic E-state index is 0.00249. The van der Waals surface area contributed by atoms with Crippen LogP contribution in [0.3, 0.4) is 0 Å². The number of ether oxygens (including phenoxy) is 1. The van der Waals surface area contributed by atoms with Crippen molar-refractivity contribution in [3.63, 3.8) is 0 Å². The van der Waals surface area contributed by atoms with Crippen LogP contribution in [0.4, 0.5) is 0 Å². The molecule has 0 bridgehead atoms. The quantitative estimate of drug-likeness (QED) is 0.827. The molecule has 0 aliphatic heterocycles. The van der Waals surface area contributed by atoms with Gasteiger partial charge in [-0.3, -0.25) is 4.79 Å². The van der Waals surface area contributed by atoms with E-state index in [1.54, 1.807) is 0 Å². The lowest BCUT2D eigenvalue weighted by atomic mass is 10.2. The second-order valence-electron chi connectivity index (χ2n) is 3.91. The molecule has 1 heterocycles. The van der Waals surface area contributed by atoms with Crippen molar-refractivity contribution < 1.29 is 9.53 Å². The minimum Gasteiger partial charge on any atom is -0.488 e. The first-order chi connectivity index (χ1) is 7.59. The van der Waals surface area contributed by atoms with E-state index in [-0.39, 0.29) is 6.10 Å². The first kappa shape index (κ1) is 10.5. The Kier molecular flexibility index (Phi) is 2.56. The van der Waals surface area contributed by atoms with Crippen LogP contribution in [-0.4, -0.2) is 17.0 Å². The summed E-state index contributed by atoms with van der Waals surface area (Å²) in [6, 6.07) is 7.57. The van der Waals surface area contributed by atoms with Crippen molar-refractivity contribution in [2.45, 2.75) is 20.0 Å². The number of fused-ring (bicyclic) bond motifs is 1. The van der Waals surface area contributed by atoms with Crippen LogP contribution in [0.2, 0.25) is 0 Å². The Labute approximate surface area is 93.4 Å². The number of aromatic amines is 1. The Morgan fingerprint density at radius 1 is 1.38 bits per heavy atom. The summed E-state index contributed by atoms with van der Waals surface area (Å²) in [5.41, 5.74) is 6.49. The number of primary amides is 1. The SMILES string of the molecule is CC(C)Oc1c(C(N)=O)[nH]c2ccccc12. The lowest BCUT2D eigenvalue weighted by molar-refractivity contribution is 0.0990. The van der Waals surface area contributed by atoms with E-state index in [2.05, 4.69) is 4.98 Å². The van der Waals surface area contributed by atoms with Crippen molar-refractivity contribution in [3.05, 3.63) is 30.0 Å². The maximum atomic E-state index is 11.3. The molecule has 0 unspecified atom stereocenters. The Balaban J connectivity index is 2.64. The molecule has 2 rings (SSSR count). The van der Waals surface area contributed by atoms with Gasteiger partial charge in [0.1, 0.15) is 5.69 Å². The van der Waals surface area contributed by atoms with Gasteiger partial charge < -0.3 is 15.5 Å². The number of amides is 1. The van der Waals surface area contributed by atoms with Gasteiger partial charge in [-0.2, -0.15) is 0 Å². The zero-order valence-corrected chi connectivity index (χ0v) is 9.28. The number of aromatic nitrogens is 1. The molecule has 3 N–H and O–H groups in total. The molecule has 4 nitrogen and oxygen atoms in total. The van der Waals surface area contributed by atoms with Gasteiger partial charge in [0, 0.05) is 10.9 Å². The Morgan fingerprint density at radius 2 is 2.06 bits per heavy atom. The zero-order chi connectivity index (χ0) is 11.7.